The largest absolute Gasteiger partial charge is 0.334 e. The maximum absolute atomic E-state index is 15.0. The van der Waals surface area contributed by atoms with Crippen LogP contribution in [0.4, 0.5) is 30.4 Å². The number of alkyl halides is 2. The molecule has 3 aromatic heterocycles. The number of hydrogen-bond donors (Lipinski definition) is 3. The Labute approximate surface area is 248 Å². The SMILES string of the molecule is Cc1c(-c2cc(Nc3cc(CN4CCC(F)(F)CC4)n(C)n3)c(=O)[nH]n2)ccc(F)c1NC(=O)c1cc2ccccc2s1. The van der Waals surface area contributed by atoms with Crippen LogP contribution in [0.1, 0.15) is 33.8 Å². The molecule has 2 aromatic carbocycles. The van der Waals surface area contributed by atoms with Crippen molar-refractivity contribution in [2.75, 3.05) is 23.7 Å². The Morgan fingerprint density at radius 1 is 1.12 bits per heavy atom. The van der Waals surface area contributed by atoms with Crippen molar-refractivity contribution in [2.45, 2.75) is 32.2 Å². The number of amides is 1. The number of likely N-dealkylation sites (tertiary alicyclic amines) is 1. The number of piperidine rings is 1. The number of aromatic amines is 1. The summed E-state index contributed by atoms with van der Waals surface area (Å²) in [5.41, 5.74) is 1.78. The Hall–Kier alpha value is -4.49. The molecule has 0 saturated carbocycles. The Bertz CT molecular complexity index is 1860. The molecule has 0 aliphatic carbocycles. The molecule has 9 nitrogen and oxygen atoms in total. The van der Waals surface area contributed by atoms with Gasteiger partial charge in [-0.05, 0) is 48.2 Å². The summed E-state index contributed by atoms with van der Waals surface area (Å²) >= 11 is 1.32. The third kappa shape index (κ3) is 6.04. The lowest BCUT2D eigenvalue weighted by Crippen LogP contribution is -2.39. The van der Waals surface area contributed by atoms with Gasteiger partial charge in [0.25, 0.3) is 17.4 Å². The molecule has 3 N–H and O–H groups in total. The van der Waals surface area contributed by atoms with Crippen LogP contribution in [0.15, 0.2) is 59.4 Å². The monoisotopic (exact) mass is 607 g/mol. The van der Waals surface area contributed by atoms with E-state index < -0.39 is 23.2 Å². The number of benzene rings is 2. The van der Waals surface area contributed by atoms with Crippen LogP contribution < -0.4 is 16.2 Å². The predicted octanol–water partition coefficient (Wildman–Crippen LogP) is 6.06. The minimum absolute atomic E-state index is 0.0207. The first-order valence-corrected chi connectivity index (χ1v) is 14.5. The minimum atomic E-state index is -2.62. The molecule has 13 heteroatoms. The van der Waals surface area contributed by atoms with Crippen molar-refractivity contribution in [3.05, 3.63) is 86.9 Å². The van der Waals surface area contributed by atoms with E-state index in [4.69, 9.17) is 0 Å². The summed E-state index contributed by atoms with van der Waals surface area (Å²) in [4.78, 5) is 28.1. The lowest BCUT2D eigenvalue weighted by atomic mass is 10.0. The number of hydrogen-bond acceptors (Lipinski definition) is 7. The quantitative estimate of drug-likeness (QED) is 0.208. The number of rotatable bonds is 7. The first-order chi connectivity index (χ1) is 20.6. The molecule has 0 bridgehead atoms. The molecule has 0 spiro atoms. The van der Waals surface area contributed by atoms with Gasteiger partial charge < -0.3 is 10.6 Å². The van der Waals surface area contributed by atoms with E-state index in [-0.39, 0.29) is 37.3 Å². The second-order valence-corrected chi connectivity index (χ2v) is 11.7. The van der Waals surface area contributed by atoms with E-state index in [9.17, 15) is 22.8 Å². The summed E-state index contributed by atoms with van der Waals surface area (Å²) in [6, 6.07) is 15.4. The van der Waals surface area contributed by atoms with Gasteiger partial charge in [0.1, 0.15) is 11.5 Å². The van der Waals surface area contributed by atoms with Gasteiger partial charge in [-0.25, -0.2) is 18.3 Å². The first kappa shape index (κ1) is 28.6. The third-order valence-corrected chi connectivity index (χ3v) is 8.71. The molecule has 1 amide bonds. The van der Waals surface area contributed by atoms with Gasteiger partial charge in [0, 0.05) is 55.9 Å². The summed E-state index contributed by atoms with van der Waals surface area (Å²) in [6.07, 6.45) is -0.352. The lowest BCUT2D eigenvalue weighted by Gasteiger charge is -2.31. The molecule has 1 saturated heterocycles. The molecule has 1 aliphatic rings. The van der Waals surface area contributed by atoms with Gasteiger partial charge in [-0.2, -0.15) is 10.2 Å². The maximum atomic E-state index is 15.0. The van der Waals surface area contributed by atoms with Crippen LogP contribution in [-0.4, -0.2) is 49.8 Å². The number of nitrogens with one attached hydrogen (secondary N) is 3. The third-order valence-electron chi connectivity index (χ3n) is 7.59. The fourth-order valence-electron chi connectivity index (χ4n) is 5.14. The fourth-order valence-corrected chi connectivity index (χ4v) is 6.09. The molecule has 43 heavy (non-hydrogen) atoms. The van der Waals surface area contributed by atoms with Gasteiger partial charge in [-0.1, -0.05) is 18.2 Å². The topological polar surface area (TPSA) is 108 Å². The number of fused-ring (bicyclic) bond motifs is 1. The van der Waals surface area contributed by atoms with Gasteiger partial charge in [0.2, 0.25) is 0 Å². The van der Waals surface area contributed by atoms with Crippen LogP contribution in [0.3, 0.4) is 0 Å². The van der Waals surface area contributed by atoms with E-state index in [1.807, 2.05) is 29.2 Å². The molecule has 5 aromatic rings. The van der Waals surface area contributed by atoms with E-state index >= 15 is 0 Å². The highest BCUT2D eigenvalue weighted by Gasteiger charge is 2.34. The van der Waals surface area contributed by atoms with Gasteiger partial charge >= 0.3 is 0 Å². The predicted molar refractivity (Wildman–Crippen MR) is 161 cm³/mol. The van der Waals surface area contributed by atoms with Crippen LogP contribution in [0.2, 0.25) is 0 Å². The standard InChI is InChI=1S/C30H28F3N7O2S/c1-17-20(7-8-21(31)27(17)35-29(42)25-13-18-5-3-4-6-24(18)43-25)22-15-23(28(41)37-36-22)34-26-14-19(39(2)38-26)16-40-11-9-30(32,33)10-12-40/h3-8,13-15H,9-12,16H2,1-2H3,(H,35,42)(H,37,41)(H,34,36,38). The highest BCUT2D eigenvalue weighted by atomic mass is 32.1. The number of aryl methyl sites for hydroxylation is 1. The van der Waals surface area contributed by atoms with Crippen molar-refractivity contribution in [3.8, 4) is 11.3 Å². The zero-order chi connectivity index (χ0) is 30.3. The number of halogens is 3. The average Bonchev–Trinajstić information content (AvgIpc) is 3.56. The number of thiophene rings is 1. The molecule has 0 radical (unpaired) electrons. The number of aromatic nitrogens is 4. The van der Waals surface area contributed by atoms with Gasteiger partial charge in [0.05, 0.1) is 22.0 Å². The Morgan fingerprint density at radius 2 is 1.88 bits per heavy atom. The Morgan fingerprint density at radius 3 is 2.65 bits per heavy atom. The summed E-state index contributed by atoms with van der Waals surface area (Å²) < 4.78 is 44.6. The summed E-state index contributed by atoms with van der Waals surface area (Å²) in [6.45, 7) is 2.69. The second-order valence-electron chi connectivity index (χ2n) is 10.6. The molecule has 0 atom stereocenters. The number of anilines is 3. The van der Waals surface area contributed by atoms with Crippen molar-refractivity contribution < 1.29 is 18.0 Å². The van der Waals surface area contributed by atoms with E-state index in [0.717, 1.165) is 15.8 Å². The van der Waals surface area contributed by atoms with Crippen LogP contribution in [0, 0.1) is 12.7 Å². The maximum Gasteiger partial charge on any atom is 0.287 e. The molecule has 1 fully saturated rings. The summed E-state index contributed by atoms with van der Waals surface area (Å²) in [5, 5.41) is 17.7. The summed E-state index contributed by atoms with van der Waals surface area (Å²) in [5.74, 6) is -3.25. The van der Waals surface area contributed by atoms with Gasteiger partial charge in [-0.3, -0.25) is 19.2 Å². The molecule has 4 heterocycles. The van der Waals surface area contributed by atoms with Gasteiger partial charge in [-0.15, -0.1) is 11.3 Å². The van der Waals surface area contributed by atoms with E-state index in [1.165, 1.54) is 29.5 Å². The second kappa shape index (κ2) is 11.3. The van der Waals surface area contributed by atoms with Crippen molar-refractivity contribution in [2.24, 2.45) is 7.05 Å². The zero-order valence-corrected chi connectivity index (χ0v) is 24.2. The van der Waals surface area contributed by atoms with Crippen molar-refractivity contribution in [1.29, 1.82) is 0 Å². The summed E-state index contributed by atoms with van der Waals surface area (Å²) in [7, 11) is 1.75. The zero-order valence-electron chi connectivity index (χ0n) is 23.4. The van der Waals surface area contributed by atoms with Crippen molar-refractivity contribution in [3.63, 3.8) is 0 Å². The molecule has 0 unspecified atom stereocenters. The number of carbonyl (C=O) groups is 1. The van der Waals surface area contributed by atoms with Crippen LogP contribution >= 0.6 is 11.3 Å². The van der Waals surface area contributed by atoms with Crippen LogP contribution in [-0.2, 0) is 13.6 Å². The number of carbonyl (C=O) groups excluding carboxylic acids is 1. The van der Waals surface area contributed by atoms with E-state index in [1.54, 1.807) is 30.8 Å². The van der Waals surface area contributed by atoms with Crippen molar-refractivity contribution >= 4 is 44.5 Å². The molecular formula is C30H28F3N7O2S. The Kier molecular flexibility index (Phi) is 7.52. The average molecular weight is 608 g/mol. The van der Waals surface area contributed by atoms with E-state index in [2.05, 4.69) is 25.9 Å². The van der Waals surface area contributed by atoms with E-state index in [0.29, 0.717) is 34.1 Å². The lowest BCUT2D eigenvalue weighted by molar-refractivity contribution is -0.0569. The highest BCUT2D eigenvalue weighted by Crippen LogP contribution is 2.33. The number of nitrogens with zero attached hydrogens (tertiary/aromatic N) is 4. The normalized spacial score (nSPS) is 15.1. The number of H-pyrrole nitrogens is 1. The minimum Gasteiger partial charge on any atom is -0.334 e. The van der Waals surface area contributed by atoms with Crippen LogP contribution in [0.25, 0.3) is 21.3 Å². The first-order valence-electron chi connectivity index (χ1n) is 13.7. The molecule has 222 valence electrons. The van der Waals surface area contributed by atoms with Crippen LogP contribution in [0.5, 0.6) is 0 Å². The van der Waals surface area contributed by atoms with Crippen molar-refractivity contribution in [1.82, 2.24) is 24.9 Å². The molecular weight excluding hydrogens is 579 g/mol. The smallest absolute Gasteiger partial charge is 0.287 e. The fraction of sp³-hybridized carbons (Fsp3) is 0.267. The van der Waals surface area contributed by atoms with Gasteiger partial charge in [0.15, 0.2) is 5.82 Å². The molecule has 1 aliphatic heterocycles. The molecule has 6 rings (SSSR count). The Balaban J connectivity index is 1.22. The highest BCUT2D eigenvalue weighted by molar-refractivity contribution is 7.20.